The summed E-state index contributed by atoms with van der Waals surface area (Å²) < 4.78 is 6.51. The summed E-state index contributed by atoms with van der Waals surface area (Å²) >= 11 is 0. The molecule has 108 valence electrons. The van der Waals surface area contributed by atoms with Gasteiger partial charge in [-0.05, 0) is 12.8 Å². The number of H-pyrrole nitrogens is 1. The fraction of sp³-hybridized carbons (Fsp3) is 0.583. The molecule has 1 aliphatic carbocycles. The van der Waals surface area contributed by atoms with E-state index in [2.05, 4.69) is 0 Å². The van der Waals surface area contributed by atoms with E-state index in [0.29, 0.717) is 12.8 Å². The summed E-state index contributed by atoms with van der Waals surface area (Å²) in [5.41, 5.74) is -2.79. The van der Waals surface area contributed by atoms with E-state index in [4.69, 9.17) is 4.74 Å². The first-order valence-corrected chi connectivity index (χ1v) is 6.34. The summed E-state index contributed by atoms with van der Waals surface area (Å²) in [6.07, 6.45) is -1.69. The summed E-state index contributed by atoms with van der Waals surface area (Å²) in [7, 11) is 0. The van der Waals surface area contributed by atoms with Crippen LogP contribution in [0.4, 0.5) is 0 Å². The number of hydrogen-bond acceptors (Lipinski definition) is 6. The van der Waals surface area contributed by atoms with Crippen molar-refractivity contribution in [3.63, 3.8) is 0 Å². The number of nitrogens with zero attached hydrogens (tertiary/aromatic N) is 1. The molecule has 2 aliphatic rings. The van der Waals surface area contributed by atoms with Crippen LogP contribution < -0.4 is 11.2 Å². The maximum absolute atomic E-state index is 11.9. The van der Waals surface area contributed by atoms with Gasteiger partial charge in [0.2, 0.25) is 0 Å². The van der Waals surface area contributed by atoms with Crippen molar-refractivity contribution in [1.82, 2.24) is 9.55 Å². The summed E-state index contributed by atoms with van der Waals surface area (Å²) in [4.78, 5) is 36.7. The lowest BCUT2D eigenvalue weighted by molar-refractivity contribution is -0.151. The first kappa shape index (κ1) is 13.2. The maximum atomic E-state index is 11.9. The monoisotopic (exact) mass is 282 g/mol. The molecule has 0 amide bonds. The fourth-order valence-electron chi connectivity index (χ4n) is 2.94. The number of nitrogens with one attached hydrogen (secondary N) is 1. The molecule has 2 heterocycles. The molecule has 0 unspecified atom stereocenters. The zero-order chi connectivity index (χ0) is 14.5. The van der Waals surface area contributed by atoms with Crippen LogP contribution >= 0.6 is 0 Å². The van der Waals surface area contributed by atoms with Gasteiger partial charge in [-0.25, -0.2) is 4.79 Å². The van der Waals surface area contributed by atoms with Gasteiger partial charge in [-0.15, -0.1) is 0 Å². The highest BCUT2D eigenvalue weighted by molar-refractivity contribution is 5.90. The van der Waals surface area contributed by atoms with Gasteiger partial charge in [0, 0.05) is 18.7 Å². The lowest BCUT2D eigenvalue weighted by Crippen LogP contribution is -2.46. The third-order valence-electron chi connectivity index (χ3n) is 3.97. The van der Waals surface area contributed by atoms with Crippen molar-refractivity contribution in [2.45, 2.75) is 43.3 Å². The van der Waals surface area contributed by atoms with Crippen LogP contribution in [0.5, 0.6) is 0 Å². The molecular weight excluding hydrogens is 268 g/mol. The summed E-state index contributed by atoms with van der Waals surface area (Å²) in [5.74, 6) is -0.274. The van der Waals surface area contributed by atoms with Crippen molar-refractivity contribution < 1.29 is 19.7 Å². The van der Waals surface area contributed by atoms with Crippen LogP contribution in [0.3, 0.4) is 0 Å². The Kier molecular flexibility index (Phi) is 2.89. The van der Waals surface area contributed by atoms with Crippen molar-refractivity contribution in [2.75, 3.05) is 0 Å². The van der Waals surface area contributed by atoms with E-state index >= 15 is 0 Å². The lowest BCUT2D eigenvalue weighted by atomic mass is 9.93. The molecule has 0 bridgehead atoms. The van der Waals surface area contributed by atoms with Gasteiger partial charge in [-0.1, -0.05) is 0 Å². The van der Waals surface area contributed by atoms with E-state index in [1.54, 1.807) is 0 Å². The van der Waals surface area contributed by atoms with Gasteiger partial charge in [0.15, 0.2) is 17.6 Å². The van der Waals surface area contributed by atoms with Crippen LogP contribution in [0.1, 0.15) is 25.5 Å². The van der Waals surface area contributed by atoms with Crippen LogP contribution in [0.25, 0.3) is 0 Å². The predicted octanol–water partition coefficient (Wildman–Crippen LogP) is -1.72. The normalized spacial score (nSPS) is 36.9. The average molecular weight is 282 g/mol. The Labute approximate surface area is 112 Å². The van der Waals surface area contributed by atoms with E-state index in [1.807, 2.05) is 4.98 Å². The van der Waals surface area contributed by atoms with E-state index < -0.39 is 35.3 Å². The Morgan fingerprint density at radius 3 is 2.70 bits per heavy atom. The van der Waals surface area contributed by atoms with Gasteiger partial charge >= 0.3 is 5.69 Å². The molecule has 3 rings (SSSR count). The predicted molar refractivity (Wildman–Crippen MR) is 65.0 cm³/mol. The van der Waals surface area contributed by atoms with Gasteiger partial charge in [0.1, 0.15) is 12.2 Å². The smallest absolute Gasteiger partial charge is 0.330 e. The number of ketones is 1. The number of ether oxygens (including phenoxy) is 1. The molecule has 1 saturated heterocycles. The van der Waals surface area contributed by atoms with Crippen LogP contribution in [-0.2, 0) is 9.53 Å². The first-order chi connectivity index (χ1) is 9.45. The van der Waals surface area contributed by atoms with Gasteiger partial charge in [-0.3, -0.25) is 19.1 Å². The average Bonchev–Trinajstić information content (AvgIpc) is 2.88. The molecule has 2 fully saturated rings. The highest BCUT2D eigenvalue weighted by Gasteiger charge is 2.60. The first-order valence-electron chi connectivity index (χ1n) is 6.34. The highest BCUT2D eigenvalue weighted by atomic mass is 16.6. The van der Waals surface area contributed by atoms with Crippen LogP contribution in [0, 0.1) is 0 Å². The molecule has 1 aromatic heterocycles. The quantitative estimate of drug-likeness (QED) is 0.563. The molecular formula is C12H14N2O6. The molecule has 3 N–H and O–H groups in total. The van der Waals surface area contributed by atoms with Gasteiger partial charge in [-0.2, -0.15) is 0 Å². The maximum Gasteiger partial charge on any atom is 0.330 e. The molecule has 1 aromatic rings. The minimum absolute atomic E-state index is 0.274. The zero-order valence-corrected chi connectivity index (χ0v) is 10.5. The number of rotatable bonds is 1. The number of aromatic amines is 1. The standard InChI is InChI=1S/C12H14N2O6/c15-6-2-1-4-12(6)9(18)8(17)10(20-12)14-5-3-7(16)13-11(14)19/h3,5,8-10,17-18H,1-2,4H2,(H,13,16,19)/t8-,9-,10-,12-/m1/s1. The lowest BCUT2D eigenvalue weighted by Gasteiger charge is -2.24. The van der Waals surface area contributed by atoms with Crippen molar-refractivity contribution in [3.8, 4) is 0 Å². The number of aliphatic hydroxyl groups is 2. The molecule has 0 radical (unpaired) electrons. The molecule has 1 spiro atoms. The van der Waals surface area contributed by atoms with Gasteiger partial charge in [0.25, 0.3) is 5.56 Å². The third-order valence-corrected chi connectivity index (χ3v) is 3.97. The molecule has 1 saturated carbocycles. The number of carbonyl (C=O) groups is 1. The van der Waals surface area contributed by atoms with Crippen molar-refractivity contribution >= 4 is 5.78 Å². The van der Waals surface area contributed by atoms with E-state index in [-0.39, 0.29) is 12.2 Å². The fourth-order valence-corrected chi connectivity index (χ4v) is 2.94. The minimum Gasteiger partial charge on any atom is -0.387 e. The second-order valence-electron chi connectivity index (χ2n) is 5.13. The number of Topliss-reactive ketones (excluding diaryl/α,β-unsaturated/α-hetero) is 1. The highest BCUT2D eigenvalue weighted by Crippen LogP contribution is 2.44. The number of aromatic nitrogens is 2. The van der Waals surface area contributed by atoms with Gasteiger partial charge in [0.05, 0.1) is 0 Å². The second kappa shape index (κ2) is 4.37. The largest absolute Gasteiger partial charge is 0.387 e. The Balaban J connectivity index is 2.02. The van der Waals surface area contributed by atoms with E-state index in [0.717, 1.165) is 10.6 Å². The Morgan fingerprint density at radius 2 is 2.10 bits per heavy atom. The van der Waals surface area contributed by atoms with Crippen LogP contribution in [0.2, 0.25) is 0 Å². The van der Waals surface area contributed by atoms with Crippen molar-refractivity contribution in [2.24, 2.45) is 0 Å². The third kappa shape index (κ3) is 1.69. The SMILES string of the molecule is O=C1CCC[C@@]12O[C@@H](n1ccc(=O)[nH]c1=O)[C@H](O)[C@H]2O. The molecule has 8 heteroatoms. The molecule has 8 nitrogen and oxygen atoms in total. The minimum atomic E-state index is -1.44. The molecule has 0 aromatic carbocycles. The van der Waals surface area contributed by atoms with Crippen molar-refractivity contribution in [3.05, 3.63) is 33.1 Å². The summed E-state index contributed by atoms with van der Waals surface area (Å²) in [6.45, 7) is 0. The summed E-state index contributed by atoms with van der Waals surface area (Å²) in [5, 5.41) is 20.2. The molecule has 20 heavy (non-hydrogen) atoms. The van der Waals surface area contributed by atoms with Crippen LogP contribution in [-0.4, -0.2) is 43.4 Å². The number of hydrogen-bond donors (Lipinski definition) is 3. The van der Waals surface area contributed by atoms with Gasteiger partial charge < -0.3 is 14.9 Å². The van der Waals surface area contributed by atoms with E-state index in [9.17, 15) is 24.6 Å². The van der Waals surface area contributed by atoms with Crippen LogP contribution in [0.15, 0.2) is 21.9 Å². The van der Waals surface area contributed by atoms with E-state index in [1.165, 1.54) is 6.20 Å². The molecule has 4 atom stereocenters. The Hall–Kier alpha value is -1.77. The number of carbonyl (C=O) groups excluding carboxylic acids is 1. The summed E-state index contributed by atoms with van der Waals surface area (Å²) in [6, 6.07) is 1.10. The van der Waals surface area contributed by atoms with Crippen molar-refractivity contribution in [1.29, 1.82) is 0 Å². The Bertz CT molecular complexity index is 664. The Morgan fingerprint density at radius 1 is 1.35 bits per heavy atom. The second-order valence-corrected chi connectivity index (χ2v) is 5.13. The topological polar surface area (TPSA) is 122 Å². The molecule has 1 aliphatic heterocycles. The zero-order valence-electron chi connectivity index (χ0n) is 10.5. The number of aliphatic hydroxyl groups excluding tert-OH is 2.